The van der Waals surface area contributed by atoms with Crippen molar-refractivity contribution < 1.29 is 19.4 Å². The van der Waals surface area contributed by atoms with E-state index in [1.54, 1.807) is 31.1 Å². The number of aliphatic hydroxyl groups excluding tert-OH is 1. The van der Waals surface area contributed by atoms with E-state index in [4.69, 9.17) is 4.74 Å². The van der Waals surface area contributed by atoms with Crippen LogP contribution in [0.25, 0.3) is 0 Å². The Kier molecular flexibility index (Phi) is 6.20. The number of Topliss-reactive ketones (excluding diaryl/α,β-unsaturated/α-hetero) is 1. The van der Waals surface area contributed by atoms with E-state index in [1.807, 2.05) is 31.1 Å². The van der Waals surface area contributed by atoms with Gasteiger partial charge in [0.25, 0.3) is 5.91 Å². The second kappa shape index (κ2) is 8.16. The van der Waals surface area contributed by atoms with Crippen LogP contribution in [0.1, 0.15) is 31.4 Å². The van der Waals surface area contributed by atoms with Gasteiger partial charge in [0.15, 0.2) is 11.5 Å². The zero-order valence-corrected chi connectivity index (χ0v) is 15.3. The topological polar surface area (TPSA) is 70.1 Å². The van der Waals surface area contributed by atoms with Gasteiger partial charge < -0.3 is 19.6 Å². The van der Waals surface area contributed by atoms with Gasteiger partial charge in [0.05, 0.1) is 18.7 Å². The lowest BCUT2D eigenvalue weighted by atomic mass is 9.95. The molecule has 0 saturated carbocycles. The van der Waals surface area contributed by atoms with Gasteiger partial charge in [-0.25, -0.2) is 0 Å². The molecule has 1 atom stereocenters. The van der Waals surface area contributed by atoms with Gasteiger partial charge in [-0.1, -0.05) is 19.1 Å². The summed E-state index contributed by atoms with van der Waals surface area (Å²) in [6, 6.07) is 6.70. The zero-order chi connectivity index (χ0) is 18.6. The van der Waals surface area contributed by atoms with Crippen LogP contribution in [0.5, 0.6) is 5.75 Å². The van der Waals surface area contributed by atoms with Crippen molar-refractivity contribution in [2.75, 3.05) is 34.3 Å². The molecular weight excluding hydrogens is 320 g/mol. The van der Waals surface area contributed by atoms with Gasteiger partial charge in [-0.2, -0.15) is 0 Å². The lowest BCUT2D eigenvalue weighted by Gasteiger charge is -2.27. The van der Waals surface area contributed by atoms with Crippen molar-refractivity contribution in [1.29, 1.82) is 0 Å². The summed E-state index contributed by atoms with van der Waals surface area (Å²) < 4.78 is 5.17. The van der Waals surface area contributed by atoms with Crippen molar-refractivity contribution in [1.82, 2.24) is 9.80 Å². The SMILES string of the molecule is CCC(=O)C1=C(O)C(=O)N(CCCN(C)C)C1c1ccc(OC)cc1. The summed E-state index contributed by atoms with van der Waals surface area (Å²) in [6.07, 6.45) is 0.997. The Balaban J connectivity index is 2.37. The number of amides is 1. The Morgan fingerprint density at radius 2 is 1.92 bits per heavy atom. The monoisotopic (exact) mass is 346 g/mol. The first-order valence-corrected chi connectivity index (χ1v) is 8.46. The minimum atomic E-state index is -0.548. The van der Waals surface area contributed by atoms with Gasteiger partial charge in [0, 0.05) is 13.0 Å². The van der Waals surface area contributed by atoms with E-state index in [1.165, 1.54) is 0 Å². The number of nitrogens with zero attached hydrogens (tertiary/aromatic N) is 2. The summed E-state index contributed by atoms with van der Waals surface area (Å²) in [5.41, 5.74) is 0.988. The predicted molar refractivity (Wildman–Crippen MR) is 95.6 cm³/mol. The third-order valence-electron chi connectivity index (χ3n) is 4.36. The Bertz CT molecular complexity index is 665. The smallest absolute Gasteiger partial charge is 0.290 e. The normalized spacial score (nSPS) is 17.6. The van der Waals surface area contributed by atoms with Crippen molar-refractivity contribution in [3.8, 4) is 5.75 Å². The summed E-state index contributed by atoms with van der Waals surface area (Å²) in [5.74, 6) is -0.403. The minimum Gasteiger partial charge on any atom is -0.503 e. The Hall–Kier alpha value is -2.34. The van der Waals surface area contributed by atoms with E-state index in [2.05, 4.69) is 0 Å². The second-order valence-electron chi connectivity index (χ2n) is 6.37. The highest BCUT2D eigenvalue weighted by molar-refractivity contribution is 6.08. The van der Waals surface area contributed by atoms with Crippen molar-refractivity contribution in [3.63, 3.8) is 0 Å². The highest BCUT2D eigenvalue weighted by Crippen LogP contribution is 2.38. The number of benzene rings is 1. The lowest BCUT2D eigenvalue weighted by molar-refractivity contribution is -0.129. The number of ketones is 1. The first-order chi connectivity index (χ1) is 11.9. The molecule has 0 aromatic heterocycles. The van der Waals surface area contributed by atoms with Crippen LogP contribution >= 0.6 is 0 Å². The first kappa shape index (κ1) is 19.0. The number of hydrogen-bond donors (Lipinski definition) is 1. The van der Waals surface area contributed by atoms with E-state index in [0.29, 0.717) is 12.3 Å². The van der Waals surface area contributed by atoms with Gasteiger partial charge in [-0.05, 0) is 44.8 Å². The van der Waals surface area contributed by atoms with Crippen LogP contribution < -0.4 is 4.74 Å². The van der Waals surface area contributed by atoms with Crippen LogP contribution in [0.2, 0.25) is 0 Å². The highest BCUT2D eigenvalue weighted by Gasteiger charge is 2.42. The number of aliphatic hydroxyl groups is 1. The molecule has 1 amide bonds. The van der Waals surface area contributed by atoms with E-state index in [-0.39, 0.29) is 17.8 Å². The van der Waals surface area contributed by atoms with Gasteiger partial charge >= 0.3 is 0 Å². The average molecular weight is 346 g/mol. The summed E-state index contributed by atoms with van der Waals surface area (Å²) >= 11 is 0. The summed E-state index contributed by atoms with van der Waals surface area (Å²) in [6.45, 7) is 3.02. The Morgan fingerprint density at radius 3 is 2.44 bits per heavy atom. The first-order valence-electron chi connectivity index (χ1n) is 8.46. The molecule has 1 aliphatic heterocycles. The number of hydrogen-bond acceptors (Lipinski definition) is 5. The molecule has 1 heterocycles. The molecule has 25 heavy (non-hydrogen) atoms. The molecule has 0 spiro atoms. The molecule has 136 valence electrons. The van der Waals surface area contributed by atoms with E-state index in [9.17, 15) is 14.7 Å². The van der Waals surface area contributed by atoms with Crippen molar-refractivity contribution in [2.24, 2.45) is 0 Å². The van der Waals surface area contributed by atoms with Crippen LogP contribution in [0.15, 0.2) is 35.6 Å². The molecule has 1 aromatic rings. The molecule has 0 bridgehead atoms. The number of rotatable bonds is 8. The van der Waals surface area contributed by atoms with Crippen LogP contribution in [0.3, 0.4) is 0 Å². The molecule has 6 heteroatoms. The molecule has 0 radical (unpaired) electrons. The maximum absolute atomic E-state index is 12.5. The molecule has 6 nitrogen and oxygen atoms in total. The molecule has 0 saturated heterocycles. The molecular formula is C19H26N2O4. The largest absolute Gasteiger partial charge is 0.503 e. The maximum Gasteiger partial charge on any atom is 0.290 e. The predicted octanol–water partition coefficient (Wildman–Crippen LogP) is 2.32. The van der Waals surface area contributed by atoms with Crippen LogP contribution in [-0.4, -0.2) is 60.9 Å². The molecule has 0 aliphatic carbocycles. The van der Waals surface area contributed by atoms with Gasteiger partial charge in [-0.3, -0.25) is 9.59 Å². The van der Waals surface area contributed by atoms with Gasteiger partial charge in [0.1, 0.15) is 5.75 Å². The Morgan fingerprint density at radius 1 is 1.28 bits per heavy atom. The highest BCUT2D eigenvalue weighted by atomic mass is 16.5. The molecule has 0 fully saturated rings. The maximum atomic E-state index is 12.5. The fraction of sp³-hybridized carbons (Fsp3) is 0.474. The summed E-state index contributed by atoms with van der Waals surface area (Å²) in [7, 11) is 5.52. The van der Waals surface area contributed by atoms with Gasteiger partial charge in [0.2, 0.25) is 0 Å². The zero-order valence-electron chi connectivity index (χ0n) is 15.3. The van der Waals surface area contributed by atoms with Gasteiger partial charge in [-0.15, -0.1) is 0 Å². The summed E-state index contributed by atoms with van der Waals surface area (Å²) in [5, 5.41) is 10.3. The number of carbonyl (C=O) groups is 2. The standard InChI is InChI=1S/C19H26N2O4/c1-5-15(22)16-17(13-7-9-14(25-4)10-8-13)21(19(24)18(16)23)12-6-11-20(2)3/h7-10,17,23H,5-6,11-12H2,1-4H3. The van der Waals surface area contributed by atoms with Crippen molar-refractivity contribution >= 4 is 11.7 Å². The van der Waals surface area contributed by atoms with E-state index in [0.717, 1.165) is 18.5 Å². The number of methoxy groups -OCH3 is 1. The van der Waals surface area contributed by atoms with Crippen LogP contribution in [-0.2, 0) is 9.59 Å². The molecule has 1 unspecified atom stereocenters. The molecule has 1 aromatic carbocycles. The summed E-state index contributed by atoms with van der Waals surface area (Å²) in [4.78, 5) is 28.5. The van der Waals surface area contributed by atoms with E-state index < -0.39 is 17.7 Å². The fourth-order valence-electron chi connectivity index (χ4n) is 3.05. The number of carbonyl (C=O) groups excluding carboxylic acids is 2. The lowest BCUT2D eigenvalue weighted by Crippen LogP contribution is -2.33. The average Bonchev–Trinajstić information content (AvgIpc) is 2.86. The third-order valence-corrected chi connectivity index (χ3v) is 4.36. The van der Waals surface area contributed by atoms with Crippen molar-refractivity contribution in [2.45, 2.75) is 25.8 Å². The van der Waals surface area contributed by atoms with Crippen LogP contribution in [0, 0.1) is 0 Å². The number of ether oxygens (including phenoxy) is 1. The quantitative estimate of drug-likeness (QED) is 0.782. The molecule has 1 aliphatic rings. The second-order valence-corrected chi connectivity index (χ2v) is 6.37. The Labute approximate surface area is 148 Å². The minimum absolute atomic E-state index is 0.197. The van der Waals surface area contributed by atoms with E-state index >= 15 is 0 Å². The molecule has 2 rings (SSSR count). The molecule has 1 N–H and O–H groups in total. The van der Waals surface area contributed by atoms with Crippen molar-refractivity contribution in [3.05, 3.63) is 41.2 Å². The van der Waals surface area contributed by atoms with Crippen LogP contribution in [0.4, 0.5) is 0 Å². The fourth-order valence-corrected chi connectivity index (χ4v) is 3.05. The third kappa shape index (κ3) is 4.02.